The fraction of sp³-hybridized carbons (Fsp3) is 0.364. The Hall–Kier alpha value is -1.23. The van der Waals surface area contributed by atoms with Crippen molar-refractivity contribution in [2.24, 2.45) is 0 Å². The van der Waals surface area contributed by atoms with E-state index in [1.54, 1.807) is 23.3 Å². The Morgan fingerprint density at radius 3 is 2.38 bits per heavy atom. The second-order valence-electron chi connectivity index (χ2n) is 4.58. The molecule has 0 N–H and O–H groups in total. The molecule has 2 aromatic heterocycles. The van der Waals surface area contributed by atoms with Crippen LogP contribution in [0.4, 0.5) is 0 Å². The monoisotopic (exact) mass is 280 g/mol. The molecule has 84 valence electrons. The van der Waals surface area contributed by atoms with E-state index in [9.17, 15) is 0 Å². The summed E-state index contributed by atoms with van der Waals surface area (Å²) in [4.78, 5) is 8.47. The highest BCUT2D eigenvalue weighted by Gasteiger charge is 2.20. The summed E-state index contributed by atoms with van der Waals surface area (Å²) in [5.74, 6) is 0.595. The van der Waals surface area contributed by atoms with Gasteiger partial charge in [-0.1, -0.05) is 20.8 Å². The minimum absolute atomic E-state index is 0.0208. The minimum Gasteiger partial charge on any atom is -0.218 e. The second-order valence-corrected chi connectivity index (χ2v) is 5.50. The lowest BCUT2D eigenvalue weighted by molar-refractivity contribution is 0.537. The van der Waals surface area contributed by atoms with Crippen LogP contribution in [-0.2, 0) is 5.41 Å². The Morgan fingerprint density at radius 1 is 1.19 bits per heavy atom. The highest BCUT2D eigenvalue weighted by atomic mass is 79.9. The molecule has 0 radical (unpaired) electrons. The van der Waals surface area contributed by atoms with Crippen LogP contribution in [0.2, 0.25) is 0 Å². The average Bonchev–Trinajstić information content (AvgIpc) is 2.66. The van der Waals surface area contributed by atoms with E-state index < -0.39 is 0 Å². The van der Waals surface area contributed by atoms with Crippen LogP contribution in [0.3, 0.4) is 0 Å². The molecule has 5 heteroatoms. The zero-order valence-corrected chi connectivity index (χ0v) is 11.1. The van der Waals surface area contributed by atoms with E-state index in [-0.39, 0.29) is 5.41 Å². The van der Waals surface area contributed by atoms with Gasteiger partial charge in [-0.2, -0.15) is 5.10 Å². The molecule has 0 saturated heterocycles. The molecule has 0 saturated carbocycles. The first kappa shape index (κ1) is 11.3. The molecule has 0 aliphatic heterocycles. The van der Waals surface area contributed by atoms with Crippen molar-refractivity contribution in [3.05, 3.63) is 34.8 Å². The summed E-state index contributed by atoms with van der Waals surface area (Å²) >= 11 is 3.31. The van der Waals surface area contributed by atoms with E-state index in [0.717, 1.165) is 10.2 Å². The molecule has 2 rings (SSSR count). The van der Waals surface area contributed by atoms with Crippen LogP contribution in [0.1, 0.15) is 26.5 Å². The first-order chi connectivity index (χ1) is 7.48. The summed E-state index contributed by atoms with van der Waals surface area (Å²) in [5, 5.41) is 4.26. The van der Waals surface area contributed by atoms with Gasteiger partial charge in [0.1, 0.15) is 0 Å². The van der Waals surface area contributed by atoms with Gasteiger partial charge in [-0.05, 0) is 22.0 Å². The van der Waals surface area contributed by atoms with E-state index in [4.69, 9.17) is 0 Å². The molecule has 2 heterocycles. The standard InChI is InChI=1S/C11H13BrN4/c1-11(2,3)9-4-5-15-16(9)10-13-6-8(12)7-14-10/h4-7H,1-3H3. The summed E-state index contributed by atoms with van der Waals surface area (Å²) in [7, 11) is 0. The van der Waals surface area contributed by atoms with Crippen molar-refractivity contribution >= 4 is 15.9 Å². The van der Waals surface area contributed by atoms with Crippen LogP contribution in [0, 0.1) is 0 Å². The molecule has 0 aliphatic carbocycles. The maximum atomic E-state index is 4.26. The summed E-state index contributed by atoms with van der Waals surface area (Å²) in [6.07, 6.45) is 5.21. The van der Waals surface area contributed by atoms with Crippen LogP contribution in [-0.4, -0.2) is 19.7 Å². The number of rotatable bonds is 1. The Bertz CT molecular complexity index is 481. The zero-order chi connectivity index (χ0) is 11.8. The van der Waals surface area contributed by atoms with E-state index in [1.807, 2.05) is 6.07 Å². The maximum absolute atomic E-state index is 4.26. The topological polar surface area (TPSA) is 43.6 Å². The van der Waals surface area contributed by atoms with Crippen molar-refractivity contribution in [3.8, 4) is 5.95 Å². The molecule has 0 aliphatic rings. The largest absolute Gasteiger partial charge is 0.250 e. The van der Waals surface area contributed by atoms with Gasteiger partial charge in [0.25, 0.3) is 5.95 Å². The third kappa shape index (κ3) is 2.14. The average molecular weight is 281 g/mol. The van der Waals surface area contributed by atoms with Gasteiger partial charge >= 0.3 is 0 Å². The Kier molecular flexibility index (Phi) is 2.80. The molecule has 2 aromatic rings. The molecule has 0 amide bonds. The van der Waals surface area contributed by atoms with E-state index in [1.165, 1.54) is 0 Å². The minimum atomic E-state index is 0.0208. The molecule has 0 spiro atoms. The third-order valence-electron chi connectivity index (χ3n) is 2.21. The fourth-order valence-corrected chi connectivity index (χ4v) is 1.65. The highest BCUT2D eigenvalue weighted by Crippen LogP contribution is 2.23. The number of hydrogen-bond donors (Lipinski definition) is 0. The van der Waals surface area contributed by atoms with Crippen molar-refractivity contribution in [1.29, 1.82) is 0 Å². The van der Waals surface area contributed by atoms with Gasteiger partial charge in [-0.25, -0.2) is 14.6 Å². The number of hydrogen-bond acceptors (Lipinski definition) is 3. The number of aromatic nitrogens is 4. The summed E-state index contributed by atoms with van der Waals surface area (Å²) in [6.45, 7) is 6.41. The second kappa shape index (κ2) is 3.97. The molecular formula is C11H13BrN4. The van der Waals surface area contributed by atoms with Crippen molar-refractivity contribution in [2.75, 3.05) is 0 Å². The first-order valence-corrected chi connectivity index (χ1v) is 5.80. The predicted molar refractivity (Wildman–Crippen MR) is 65.6 cm³/mol. The van der Waals surface area contributed by atoms with Gasteiger partial charge in [0.2, 0.25) is 0 Å². The Balaban J connectivity index is 2.49. The molecular weight excluding hydrogens is 268 g/mol. The summed E-state index contributed by atoms with van der Waals surface area (Å²) in [6, 6.07) is 1.99. The lowest BCUT2D eigenvalue weighted by Crippen LogP contribution is -2.18. The third-order valence-corrected chi connectivity index (χ3v) is 2.62. The predicted octanol–water partition coefficient (Wildman–Crippen LogP) is 2.72. The molecule has 0 fully saturated rings. The quantitative estimate of drug-likeness (QED) is 0.807. The van der Waals surface area contributed by atoms with Gasteiger partial charge in [-0.15, -0.1) is 0 Å². The Labute approximate surface area is 103 Å². The first-order valence-electron chi connectivity index (χ1n) is 5.01. The van der Waals surface area contributed by atoms with Crippen molar-refractivity contribution < 1.29 is 0 Å². The lowest BCUT2D eigenvalue weighted by Gasteiger charge is -2.19. The van der Waals surface area contributed by atoms with E-state index >= 15 is 0 Å². The highest BCUT2D eigenvalue weighted by molar-refractivity contribution is 9.10. The molecule has 0 bridgehead atoms. The maximum Gasteiger partial charge on any atom is 0.250 e. The van der Waals surface area contributed by atoms with Crippen molar-refractivity contribution in [2.45, 2.75) is 26.2 Å². The van der Waals surface area contributed by atoms with Gasteiger partial charge < -0.3 is 0 Å². The van der Waals surface area contributed by atoms with E-state index in [2.05, 4.69) is 51.8 Å². The molecule has 4 nitrogen and oxygen atoms in total. The van der Waals surface area contributed by atoms with E-state index in [0.29, 0.717) is 5.95 Å². The lowest BCUT2D eigenvalue weighted by atomic mass is 9.92. The smallest absolute Gasteiger partial charge is 0.218 e. The fourth-order valence-electron chi connectivity index (χ4n) is 1.45. The van der Waals surface area contributed by atoms with Crippen LogP contribution in [0.5, 0.6) is 0 Å². The zero-order valence-electron chi connectivity index (χ0n) is 9.48. The molecule has 0 unspecified atom stereocenters. The van der Waals surface area contributed by atoms with Crippen molar-refractivity contribution in [1.82, 2.24) is 19.7 Å². The van der Waals surface area contributed by atoms with Crippen LogP contribution in [0.15, 0.2) is 29.1 Å². The SMILES string of the molecule is CC(C)(C)c1ccnn1-c1ncc(Br)cn1. The summed E-state index contributed by atoms with van der Waals surface area (Å²) < 4.78 is 2.63. The van der Waals surface area contributed by atoms with Crippen molar-refractivity contribution in [3.63, 3.8) is 0 Å². The van der Waals surface area contributed by atoms with Crippen LogP contribution in [0.25, 0.3) is 5.95 Å². The summed E-state index contributed by atoms with van der Waals surface area (Å²) in [5.41, 5.74) is 1.11. The van der Waals surface area contributed by atoms with Gasteiger partial charge in [0, 0.05) is 24.0 Å². The number of nitrogens with zero attached hydrogens (tertiary/aromatic N) is 4. The van der Waals surface area contributed by atoms with Crippen LogP contribution < -0.4 is 0 Å². The molecule has 0 aromatic carbocycles. The van der Waals surface area contributed by atoms with Gasteiger partial charge in [-0.3, -0.25) is 0 Å². The number of halogens is 1. The normalized spacial score (nSPS) is 11.8. The molecule has 0 atom stereocenters. The Morgan fingerprint density at radius 2 is 1.81 bits per heavy atom. The molecule has 16 heavy (non-hydrogen) atoms. The van der Waals surface area contributed by atoms with Crippen LogP contribution >= 0.6 is 15.9 Å². The van der Waals surface area contributed by atoms with Gasteiger partial charge in [0.05, 0.1) is 10.2 Å². The van der Waals surface area contributed by atoms with Gasteiger partial charge in [0.15, 0.2) is 0 Å².